The average molecular weight is 824 g/mol. The highest BCUT2D eigenvalue weighted by atomic mass is 32.2. The zero-order valence-electron chi connectivity index (χ0n) is 33.2. The first-order chi connectivity index (χ1) is 27.5. The van der Waals surface area contributed by atoms with Crippen LogP contribution in [0.5, 0.6) is 5.88 Å². The molecule has 2 saturated carbocycles. The number of aromatic nitrogens is 1. The summed E-state index contributed by atoms with van der Waals surface area (Å²) in [6, 6.07) is 9.48. The maximum atomic E-state index is 14.6. The number of fused-ring (bicyclic) bond motifs is 5. The minimum absolute atomic E-state index is 0. The van der Waals surface area contributed by atoms with Gasteiger partial charge in [0.25, 0.3) is 5.91 Å². The summed E-state index contributed by atoms with van der Waals surface area (Å²) in [5.74, 6) is -2.84. The van der Waals surface area contributed by atoms with Crippen molar-refractivity contribution in [3.05, 3.63) is 85.7 Å². The summed E-state index contributed by atoms with van der Waals surface area (Å²) in [6.07, 6.45) is 9.60. The summed E-state index contributed by atoms with van der Waals surface area (Å²) in [6.45, 7) is 11.8. The smallest absolute Gasteiger partial charge is 0.408 e. The van der Waals surface area contributed by atoms with Gasteiger partial charge in [0.05, 0.1) is 17.3 Å². The molecule has 3 N–H and O–H groups in total. The third-order valence-electron chi connectivity index (χ3n) is 10.6. The van der Waals surface area contributed by atoms with Gasteiger partial charge in [-0.2, -0.15) is 0 Å². The summed E-state index contributed by atoms with van der Waals surface area (Å²) in [5, 5.41) is 6.85. The lowest BCUT2D eigenvalue weighted by molar-refractivity contribution is -0.141. The largest absolute Gasteiger partial charge is 0.472 e. The van der Waals surface area contributed by atoms with Crippen molar-refractivity contribution in [1.82, 2.24) is 25.2 Å². The maximum Gasteiger partial charge on any atom is 0.408 e. The molecule has 316 valence electrons. The van der Waals surface area contributed by atoms with Gasteiger partial charge < -0.3 is 25.0 Å². The van der Waals surface area contributed by atoms with Crippen LogP contribution in [0.2, 0.25) is 0 Å². The van der Waals surface area contributed by atoms with Crippen molar-refractivity contribution in [2.45, 2.75) is 113 Å². The van der Waals surface area contributed by atoms with Crippen molar-refractivity contribution < 1.29 is 45.7 Å². The van der Waals surface area contributed by atoms with Gasteiger partial charge in [0.15, 0.2) is 0 Å². The summed E-state index contributed by atoms with van der Waals surface area (Å²) >= 11 is 0. The zero-order chi connectivity index (χ0) is 41.8. The van der Waals surface area contributed by atoms with E-state index < -0.39 is 80.2 Å². The molecule has 3 aromatic rings. The minimum atomic E-state index is -3.91. The highest BCUT2D eigenvalue weighted by molar-refractivity contribution is 7.91. The zero-order valence-corrected chi connectivity index (χ0v) is 34.0. The Morgan fingerprint density at radius 3 is 2.48 bits per heavy atom. The van der Waals surface area contributed by atoms with Crippen LogP contribution in [0.1, 0.15) is 82.8 Å². The van der Waals surface area contributed by atoms with Crippen LogP contribution in [0, 0.1) is 11.7 Å². The molecule has 1 aromatic heterocycles. The standard InChI is InChI=1S/C39H46FN5O8S.C4H6.3H2/c1-38(2,3)53-37(49)42-31-14-8-6-4-5-7-11-23-21-39(23,36(48)44-54(50,51)26-16-17-26)43-33(46)32-20-25(22-45(32)35(31)47)52-34-29-19-24(40)15-18-27(29)28-12-9-10-13-30(28)41-34;1-3-4-2;;;/h7,9-13,15,18-19,23,25-26,31-32H,4-6,8,14,16-17,20-22H2,1-3H3,(H,42,49)(H,43,46)(H,44,48);3-4H,1-2H2;3*1H/b11-7-;;;;/t23-,25-,31+,32+,39-;;;;/m1..../s1. The predicted molar refractivity (Wildman–Crippen MR) is 225 cm³/mol. The van der Waals surface area contributed by atoms with Crippen molar-refractivity contribution >= 4 is 55.5 Å². The lowest BCUT2D eigenvalue weighted by atomic mass is 10.0. The Morgan fingerprint density at radius 2 is 1.78 bits per heavy atom. The number of carbonyl (C=O) groups is 4. The molecule has 5 atom stereocenters. The predicted octanol–water partition coefficient (Wildman–Crippen LogP) is 6.87. The van der Waals surface area contributed by atoms with Crippen LogP contribution >= 0.6 is 0 Å². The quantitative estimate of drug-likeness (QED) is 0.131. The number of hydrogen-bond donors (Lipinski definition) is 3. The molecule has 0 bridgehead atoms. The van der Waals surface area contributed by atoms with Crippen molar-refractivity contribution in [2.24, 2.45) is 5.92 Å². The number of nitrogens with zero attached hydrogens (tertiary/aromatic N) is 2. The third-order valence-corrected chi connectivity index (χ3v) is 12.4. The highest BCUT2D eigenvalue weighted by Gasteiger charge is 2.62. The van der Waals surface area contributed by atoms with Gasteiger partial charge in [0, 0.05) is 27.4 Å². The Kier molecular flexibility index (Phi) is 12.6. The number of rotatable bonds is 7. The number of sulfonamides is 1. The Hall–Kier alpha value is -5.31. The normalized spacial score (nSPS) is 25.6. The summed E-state index contributed by atoms with van der Waals surface area (Å²) < 4.78 is 54.4. The molecule has 3 fully saturated rings. The van der Waals surface area contributed by atoms with Gasteiger partial charge in [-0.25, -0.2) is 22.6 Å². The monoisotopic (exact) mass is 823 g/mol. The highest BCUT2D eigenvalue weighted by Crippen LogP contribution is 2.46. The van der Waals surface area contributed by atoms with E-state index in [0.717, 1.165) is 18.2 Å². The van der Waals surface area contributed by atoms with Gasteiger partial charge in [-0.15, -0.1) is 0 Å². The van der Waals surface area contributed by atoms with Crippen molar-refractivity contribution in [2.75, 3.05) is 6.54 Å². The van der Waals surface area contributed by atoms with Gasteiger partial charge in [0.2, 0.25) is 27.7 Å². The van der Waals surface area contributed by atoms with Crippen molar-refractivity contribution in [3.63, 3.8) is 0 Å². The van der Waals surface area contributed by atoms with Crippen LogP contribution in [0.3, 0.4) is 0 Å². The molecule has 2 aromatic carbocycles. The lowest BCUT2D eigenvalue weighted by Gasteiger charge is -2.30. The van der Waals surface area contributed by atoms with Crippen LogP contribution in [0.15, 0.2) is 79.9 Å². The van der Waals surface area contributed by atoms with Crippen LogP contribution in [0.4, 0.5) is 9.18 Å². The fraction of sp³-hybridized carbons (Fsp3) is 0.465. The van der Waals surface area contributed by atoms with E-state index in [4.69, 9.17) is 14.5 Å². The molecule has 13 nitrogen and oxygen atoms in total. The average Bonchev–Trinajstić information content (AvgIpc) is 4.10. The third kappa shape index (κ3) is 9.86. The van der Waals surface area contributed by atoms with Crippen LogP contribution in [-0.4, -0.2) is 83.2 Å². The van der Waals surface area contributed by atoms with E-state index in [1.165, 1.54) is 17.0 Å². The van der Waals surface area contributed by atoms with Gasteiger partial charge in [-0.1, -0.05) is 74.6 Å². The Morgan fingerprint density at radius 1 is 1.03 bits per heavy atom. The van der Waals surface area contributed by atoms with Crippen molar-refractivity contribution in [1.29, 1.82) is 0 Å². The first kappa shape index (κ1) is 42.3. The number of pyridine rings is 1. The maximum absolute atomic E-state index is 14.6. The molecule has 3 heterocycles. The fourth-order valence-electron chi connectivity index (χ4n) is 7.44. The Balaban J connectivity index is 0.00000136. The van der Waals surface area contributed by atoms with Crippen LogP contribution < -0.4 is 20.1 Å². The molecular formula is C43H58FN5O8S. The summed E-state index contributed by atoms with van der Waals surface area (Å²) in [4.78, 5) is 61.6. The molecule has 58 heavy (non-hydrogen) atoms. The number of carbonyl (C=O) groups excluding carboxylic acids is 4. The molecule has 0 unspecified atom stereocenters. The molecule has 0 radical (unpaired) electrons. The molecule has 4 aliphatic rings. The Labute approximate surface area is 343 Å². The molecule has 4 amide bonds. The number of ether oxygens (including phenoxy) is 2. The van der Waals surface area contributed by atoms with E-state index in [9.17, 15) is 32.0 Å². The van der Waals surface area contributed by atoms with E-state index in [2.05, 4.69) is 28.5 Å². The van der Waals surface area contributed by atoms with Crippen LogP contribution in [0.25, 0.3) is 21.7 Å². The van der Waals surface area contributed by atoms with Gasteiger partial charge in [-0.3, -0.25) is 19.1 Å². The molecule has 2 aliphatic heterocycles. The molecule has 2 aliphatic carbocycles. The van der Waals surface area contributed by atoms with Crippen LogP contribution in [-0.2, 0) is 29.1 Å². The summed E-state index contributed by atoms with van der Waals surface area (Å²) in [7, 11) is -3.91. The second-order valence-electron chi connectivity index (χ2n) is 16.3. The number of amides is 4. The van der Waals surface area contributed by atoms with E-state index in [1.54, 1.807) is 39.0 Å². The lowest BCUT2D eigenvalue weighted by Crippen LogP contribution is -2.58. The van der Waals surface area contributed by atoms with Gasteiger partial charge >= 0.3 is 6.09 Å². The number of halogens is 1. The molecule has 7 rings (SSSR count). The first-order valence-electron chi connectivity index (χ1n) is 19.8. The number of nitrogens with one attached hydrogen (secondary N) is 3. The molecule has 1 saturated heterocycles. The minimum Gasteiger partial charge on any atom is -0.472 e. The topological polar surface area (TPSA) is 173 Å². The number of benzene rings is 2. The fourth-order valence-corrected chi connectivity index (χ4v) is 8.81. The van der Waals surface area contributed by atoms with Crippen molar-refractivity contribution in [3.8, 4) is 5.88 Å². The number of alkyl carbamates (subject to hydrolysis) is 1. The summed E-state index contributed by atoms with van der Waals surface area (Å²) in [5.41, 5.74) is -1.76. The number of allylic oxidation sites excluding steroid dienone is 3. The Bertz CT molecular complexity index is 2250. The SMILES string of the molecule is C=CC=C.CC(C)(C)OC(=O)N[C@H]1CCCCC/C=C\[C@@H]2C[C@@]2(C(=O)NS(=O)(=O)C2CC2)NC(=O)[C@@H]2C[C@@H](Oc3nc4ccccc4c4ccc(F)cc34)CN2C1=O.[HH].[HH].[HH]. The van der Waals surface area contributed by atoms with Gasteiger partial charge in [-0.05, 0) is 82.9 Å². The molecule has 15 heteroatoms. The molecular weight excluding hydrogens is 766 g/mol. The molecule has 0 spiro atoms. The second kappa shape index (κ2) is 17.3. The van der Waals surface area contributed by atoms with E-state index in [-0.39, 0.29) is 36.0 Å². The first-order valence-corrected chi connectivity index (χ1v) is 21.3. The van der Waals surface area contributed by atoms with E-state index >= 15 is 0 Å². The number of hydrogen-bond acceptors (Lipinski definition) is 9. The second-order valence-corrected chi connectivity index (χ2v) is 18.2. The van der Waals surface area contributed by atoms with E-state index in [0.29, 0.717) is 42.0 Å². The number of para-hydroxylation sites is 1. The van der Waals surface area contributed by atoms with Gasteiger partial charge in [0.1, 0.15) is 35.1 Å². The van der Waals surface area contributed by atoms with E-state index in [1.807, 2.05) is 36.4 Å².